The number of benzene rings is 2. The van der Waals surface area contributed by atoms with Crippen molar-refractivity contribution in [2.24, 2.45) is 0 Å². The zero-order chi connectivity index (χ0) is 22.0. The molecule has 0 bridgehead atoms. The summed E-state index contributed by atoms with van der Waals surface area (Å²) in [6.07, 6.45) is 1.15. The van der Waals surface area contributed by atoms with E-state index in [0.29, 0.717) is 43.5 Å². The highest BCUT2D eigenvalue weighted by Crippen LogP contribution is 2.24. The Morgan fingerprint density at radius 1 is 1.00 bits per heavy atom. The number of aromatic nitrogens is 2. The standard InChI is InChI=1S/C22H24N4O4S/c1-16(21-23-20(24-30-21)17-6-4-3-5-7-17)25-12-14-26(15-13-25)22(27)18-8-10-19(11-9-18)31(2,28)29/h3-11,16H,12-15H2,1-2H3. The largest absolute Gasteiger partial charge is 0.337 e. The van der Waals surface area contributed by atoms with Crippen LogP contribution in [0.5, 0.6) is 0 Å². The zero-order valence-electron chi connectivity index (χ0n) is 17.4. The molecule has 1 atom stereocenters. The van der Waals surface area contributed by atoms with Crippen LogP contribution in [0, 0.1) is 0 Å². The van der Waals surface area contributed by atoms with E-state index in [1.54, 1.807) is 17.0 Å². The summed E-state index contributed by atoms with van der Waals surface area (Å²) in [5.74, 6) is 1.01. The highest BCUT2D eigenvalue weighted by atomic mass is 32.2. The van der Waals surface area contributed by atoms with Gasteiger partial charge in [-0.2, -0.15) is 4.98 Å². The molecule has 0 aliphatic carbocycles. The molecule has 8 nitrogen and oxygen atoms in total. The molecule has 2 aromatic carbocycles. The third-order valence-corrected chi connectivity index (χ3v) is 6.64. The van der Waals surface area contributed by atoms with E-state index in [0.717, 1.165) is 11.8 Å². The minimum atomic E-state index is -3.28. The molecule has 1 aromatic heterocycles. The van der Waals surface area contributed by atoms with Gasteiger partial charge >= 0.3 is 0 Å². The van der Waals surface area contributed by atoms with Gasteiger partial charge in [0.25, 0.3) is 5.91 Å². The number of hydrogen-bond donors (Lipinski definition) is 0. The Hall–Kier alpha value is -3.04. The van der Waals surface area contributed by atoms with E-state index in [9.17, 15) is 13.2 Å². The van der Waals surface area contributed by atoms with Crippen molar-refractivity contribution in [3.8, 4) is 11.4 Å². The first-order chi connectivity index (χ1) is 14.8. The quantitative estimate of drug-likeness (QED) is 0.602. The number of sulfone groups is 1. The van der Waals surface area contributed by atoms with E-state index >= 15 is 0 Å². The van der Waals surface area contributed by atoms with E-state index < -0.39 is 9.84 Å². The third kappa shape index (κ3) is 4.67. The number of piperazine rings is 1. The van der Waals surface area contributed by atoms with Crippen LogP contribution in [0.15, 0.2) is 64.0 Å². The minimum absolute atomic E-state index is 0.0590. The first-order valence-corrected chi connectivity index (χ1v) is 11.9. The van der Waals surface area contributed by atoms with E-state index in [-0.39, 0.29) is 16.8 Å². The average Bonchev–Trinajstić information content (AvgIpc) is 3.29. The summed E-state index contributed by atoms with van der Waals surface area (Å²) < 4.78 is 28.7. The summed E-state index contributed by atoms with van der Waals surface area (Å²) in [6, 6.07) is 15.7. The van der Waals surface area contributed by atoms with Gasteiger partial charge < -0.3 is 9.42 Å². The third-order valence-electron chi connectivity index (χ3n) is 5.51. The monoisotopic (exact) mass is 440 g/mol. The number of rotatable bonds is 5. The first kappa shape index (κ1) is 21.2. The number of carbonyl (C=O) groups is 1. The molecule has 1 amide bonds. The van der Waals surface area contributed by atoms with Gasteiger partial charge in [-0.3, -0.25) is 9.69 Å². The molecule has 1 aliphatic heterocycles. The summed E-state index contributed by atoms with van der Waals surface area (Å²) >= 11 is 0. The van der Waals surface area contributed by atoms with E-state index in [2.05, 4.69) is 15.0 Å². The zero-order valence-corrected chi connectivity index (χ0v) is 18.2. The van der Waals surface area contributed by atoms with Crippen molar-refractivity contribution in [2.45, 2.75) is 17.9 Å². The van der Waals surface area contributed by atoms with Crippen LogP contribution < -0.4 is 0 Å². The summed E-state index contributed by atoms with van der Waals surface area (Å²) in [5, 5.41) is 4.09. The molecule has 4 rings (SSSR count). The highest BCUT2D eigenvalue weighted by molar-refractivity contribution is 7.90. The molecular weight excluding hydrogens is 416 g/mol. The van der Waals surface area contributed by atoms with Crippen molar-refractivity contribution in [2.75, 3.05) is 32.4 Å². The molecule has 0 spiro atoms. The fourth-order valence-electron chi connectivity index (χ4n) is 3.61. The average molecular weight is 441 g/mol. The molecule has 1 aliphatic rings. The van der Waals surface area contributed by atoms with Crippen LogP contribution in [0.4, 0.5) is 0 Å². The molecule has 9 heteroatoms. The highest BCUT2D eigenvalue weighted by Gasteiger charge is 2.28. The molecule has 1 fully saturated rings. The predicted octanol–water partition coefficient (Wildman–Crippen LogP) is 2.66. The van der Waals surface area contributed by atoms with Crippen molar-refractivity contribution < 1.29 is 17.7 Å². The molecule has 0 N–H and O–H groups in total. The first-order valence-electron chi connectivity index (χ1n) is 10.1. The number of amides is 1. The summed E-state index contributed by atoms with van der Waals surface area (Å²) in [4.78, 5) is 21.5. The summed E-state index contributed by atoms with van der Waals surface area (Å²) in [7, 11) is -3.28. The lowest BCUT2D eigenvalue weighted by molar-refractivity contribution is 0.0551. The predicted molar refractivity (Wildman–Crippen MR) is 115 cm³/mol. The lowest BCUT2D eigenvalue weighted by Crippen LogP contribution is -2.49. The minimum Gasteiger partial charge on any atom is -0.337 e. The van der Waals surface area contributed by atoms with Crippen LogP contribution in [0.2, 0.25) is 0 Å². The molecule has 3 aromatic rings. The number of nitrogens with zero attached hydrogens (tertiary/aromatic N) is 4. The summed E-state index contributed by atoms with van der Waals surface area (Å²) in [6.45, 7) is 4.51. The molecule has 162 valence electrons. The molecule has 1 unspecified atom stereocenters. The van der Waals surface area contributed by atoms with E-state index in [1.807, 2.05) is 37.3 Å². The summed E-state index contributed by atoms with van der Waals surface area (Å²) in [5.41, 5.74) is 1.39. The lowest BCUT2D eigenvalue weighted by Gasteiger charge is -2.36. The Labute approximate surface area is 181 Å². The van der Waals surface area contributed by atoms with Gasteiger partial charge in [-0.1, -0.05) is 35.5 Å². The van der Waals surface area contributed by atoms with Crippen molar-refractivity contribution >= 4 is 15.7 Å². The van der Waals surface area contributed by atoms with Crippen molar-refractivity contribution in [1.29, 1.82) is 0 Å². The van der Waals surface area contributed by atoms with Crippen LogP contribution in [0.25, 0.3) is 11.4 Å². The SMILES string of the molecule is CC(c1nc(-c2ccccc2)no1)N1CCN(C(=O)c2ccc(S(C)(=O)=O)cc2)CC1. The van der Waals surface area contributed by atoms with Gasteiger partial charge in [0.15, 0.2) is 9.84 Å². The maximum Gasteiger partial charge on any atom is 0.253 e. The van der Waals surface area contributed by atoms with Gasteiger partial charge in [0.2, 0.25) is 11.7 Å². The second-order valence-corrected chi connectivity index (χ2v) is 9.64. The Kier molecular flexibility index (Phi) is 5.88. The van der Waals surface area contributed by atoms with E-state index in [4.69, 9.17) is 4.52 Å². The Morgan fingerprint density at radius 2 is 1.65 bits per heavy atom. The van der Waals surface area contributed by atoms with Crippen LogP contribution in [-0.4, -0.2) is 66.7 Å². The Morgan fingerprint density at radius 3 is 2.26 bits per heavy atom. The van der Waals surface area contributed by atoms with Crippen LogP contribution in [-0.2, 0) is 9.84 Å². The smallest absolute Gasteiger partial charge is 0.253 e. The van der Waals surface area contributed by atoms with Gasteiger partial charge in [-0.15, -0.1) is 0 Å². The van der Waals surface area contributed by atoms with Crippen molar-refractivity contribution in [3.05, 3.63) is 66.1 Å². The number of hydrogen-bond acceptors (Lipinski definition) is 7. The van der Waals surface area contributed by atoms with Crippen LogP contribution in [0.1, 0.15) is 29.2 Å². The van der Waals surface area contributed by atoms with Gasteiger partial charge in [0, 0.05) is 43.6 Å². The van der Waals surface area contributed by atoms with Gasteiger partial charge in [0.1, 0.15) is 0 Å². The molecule has 0 saturated carbocycles. The molecule has 31 heavy (non-hydrogen) atoms. The fourth-order valence-corrected chi connectivity index (χ4v) is 4.24. The molecular formula is C22H24N4O4S. The molecule has 2 heterocycles. The van der Waals surface area contributed by atoms with Gasteiger partial charge in [-0.05, 0) is 31.2 Å². The maximum atomic E-state index is 12.8. The maximum absolute atomic E-state index is 12.8. The lowest BCUT2D eigenvalue weighted by atomic mass is 10.1. The second kappa shape index (κ2) is 8.60. The number of carbonyl (C=O) groups excluding carboxylic acids is 1. The van der Waals surface area contributed by atoms with Crippen molar-refractivity contribution in [3.63, 3.8) is 0 Å². The van der Waals surface area contributed by atoms with Crippen molar-refractivity contribution in [1.82, 2.24) is 19.9 Å². The van der Waals surface area contributed by atoms with Gasteiger partial charge in [-0.25, -0.2) is 8.42 Å². The van der Waals surface area contributed by atoms with Gasteiger partial charge in [0.05, 0.1) is 10.9 Å². The molecule has 1 saturated heterocycles. The molecule has 0 radical (unpaired) electrons. The Bertz CT molecular complexity index is 1150. The van der Waals surface area contributed by atoms with Crippen LogP contribution in [0.3, 0.4) is 0 Å². The topological polar surface area (TPSA) is 96.6 Å². The Balaban J connectivity index is 1.37. The van der Waals surface area contributed by atoms with E-state index in [1.165, 1.54) is 12.1 Å². The van der Waals surface area contributed by atoms with Crippen LogP contribution >= 0.6 is 0 Å². The normalized spacial score (nSPS) is 16.3. The fraction of sp³-hybridized carbons (Fsp3) is 0.318. The second-order valence-electron chi connectivity index (χ2n) is 7.62.